The molecule has 0 amide bonds. The predicted octanol–water partition coefficient (Wildman–Crippen LogP) is 4.26. The standard InChI is InChI=1S/C23H17N5O2/c1-30-20-10-6-5-9-18(20)26-22-23-27-24-14-28(23)19-13-16(11-12-17(19)25-22)21(29)15-7-3-2-4-8-15/h2-14H,1H3,(H,25,26). The molecule has 0 saturated carbocycles. The highest BCUT2D eigenvalue weighted by atomic mass is 16.5. The van der Waals surface area contributed by atoms with Crippen LogP contribution in [0.5, 0.6) is 5.75 Å². The molecule has 0 spiro atoms. The summed E-state index contributed by atoms with van der Waals surface area (Å²) < 4.78 is 7.23. The number of ether oxygens (including phenoxy) is 1. The van der Waals surface area contributed by atoms with E-state index in [9.17, 15) is 4.79 Å². The van der Waals surface area contributed by atoms with Crippen LogP contribution >= 0.6 is 0 Å². The first-order valence-electron chi connectivity index (χ1n) is 9.38. The molecule has 0 unspecified atom stereocenters. The van der Waals surface area contributed by atoms with Crippen molar-refractivity contribution in [3.8, 4) is 5.75 Å². The van der Waals surface area contributed by atoms with Gasteiger partial charge in [0.1, 0.15) is 12.1 Å². The van der Waals surface area contributed by atoms with Gasteiger partial charge in [0.05, 0.1) is 23.8 Å². The number of carbonyl (C=O) groups is 1. The van der Waals surface area contributed by atoms with E-state index in [-0.39, 0.29) is 5.78 Å². The molecule has 7 heteroatoms. The fourth-order valence-corrected chi connectivity index (χ4v) is 3.41. The van der Waals surface area contributed by atoms with Crippen molar-refractivity contribution in [3.63, 3.8) is 0 Å². The third-order valence-corrected chi connectivity index (χ3v) is 4.88. The number of anilines is 2. The summed E-state index contributed by atoms with van der Waals surface area (Å²) >= 11 is 0. The molecule has 5 rings (SSSR count). The van der Waals surface area contributed by atoms with Crippen LogP contribution in [0.25, 0.3) is 16.7 Å². The smallest absolute Gasteiger partial charge is 0.204 e. The van der Waals surface area contributed by atoms with Gasteiger partial charge in [0, 0.05) is 11.1 Å². The SMILES string of the molecule is COc1ccccc1Nc1nc2ccc(C(=O)c3ccccc3)cc2n2cnnc12. The average Bonchev–Trinajstić information content (AvgIpc) is 3.30. The van der Waals surface area contributed by atoms with Gasteiger partial charge >= 0.3 is 0 Å². The summed E-state index contributed by atoms with van der Waals surface area (Å²) in [4.78, 5) is 17.6. The first kappa shape index (κ1) is 17.8. The second kappa shape index (κ2) is 7.29. The van der Waals surface area contributed by atoms with Gasteiger partial charge in [-0.1, -0.05) is 42.5 Å². The molecule has 2 heterocycles. The van der Waals surface area contributed by atoms with Crippen molar-refractivity contribution >= 4 is 34.0 Å². The molecule has 0 aliphatic carbocycles. The van der Waals surface area contributed by atoms with Crippen LogP contribution in [-0.4, -0.2) is 32.5 Å². The van der Waals surface area contributed by atoms with Crippen LogP contribution in [0.1, 0.15) is 15.9 Å². The lowest BCUT2D eigenvalue weighted by Gasteiger charge is -2.12. The molecule has 0 radical (unpaired) electrons. The summed E-state index contributed by atoms with van der Waals surface area (Å²) in [6, 6.07) is 22.2. The topological polar surface area (TPSA) is 81.4 Å². The minimum absolute atomic E-state index is 0.0463. The first-order valence-corrected chi connectivity index (χ1v) is 9.38. The monoisotopic (exact) mass is 395 g/mol. The Labute approximate surface area is 172 Å². The molecule has 2 aromatic heterocycles. The van der Waals surface area contributed by atoms with E-state index >= 15 is 0 Å². The van der Waals surface area contributed by atoms with Gasteiger partial charge in [-0.3, -0.25) is 9.20 Å². The third kappa shape index (κ3) is 3.02. The Morgan fingerprint density at radius 2 is 1.77 bits per heavy atom. The molecule has 30 heavy (non-hydrogen) atoms. The maximum Gasteiger partial charge on any atom is 0.204 e. The summed E-state index contributed by atoms with van der Waals surface area (Å²) in [7, 11) is 1.62. The normalized spacial score (nSPS) is 11.0. The van der Waals surface area contributed by atoms with Gasteiger partial charge in [0.2, 0.25) is 5.65 Å². The largest absolute Gasteiger partial charge is 0.495 e. The highest BCUT2D eigenvalue weighted by Gasteiger charge is 2.15. The van der Waals surface area contributed by atoms with E-state index in [1.807, 2.05) is 59.0 Å². The predicted molar refractivity (Wildman–Crippen MR) is 114 cm³/mol. The number of carbonyl (C=O) groups excluding carboxylic acids is 1. The van der Waals surface area contributed by atoms with Crippen LogP contribution in [0.3, 0.4) is 0 Å². The van der Waals surface area contributed by atoms with Gasteiger partial charge in [-0.25, -0.2) is 4.98 Å². The number of hydrogen-bond acceptors (Lipinski definition) is 6. The molecule has 0 saturated heterocycles. The molecule has 0 aliphatic rings. The molecule has 0 fully saturated rings. The van der Waals surface area contributed by atoms with Gasteiger partial charge < -0.3 is 10.1 Å². The third-order valence-electron chi connectivity index (χ3n) is 4.88. The van der Waals surface area contributed by atoms with Crippen LogP contribution in [0.2, 0.25) is 0 Å². The van der Waals surface area contributed by atoms with E-state index in [1.54, 1.807) is 31.6 Å². The number of ketones is 1. The second-order valence-corrected chi connectivity index (χ2v) is 6.71. The Bertz CT molecular complexity index is 1380. The molecular weight excluding hydrogens is 378 g/mol. The molecular formula is C23H17N5O2. The molecule has 3 aromatic carbocycles. The summed E-state index contributed by atoms with van der Waals surface area (Å²) in [6.07, 6.45) is 1.61. The number of rotatable bonds is 5. The Kier molecular flexibility index (Phi) is 4.33. The molecule has 7 nitrogen and oxygen atoms in total. The summed E-state index contributed by atoms with van der Waals surface area (Å²) in [6.45, 7) is 0. The zero-order valence-electron chi connectivity index (χ0n) is 16.1. The van der Waals surface area contributed by atoms with E-state index in [0.29, 0.717) is 33.9 Å². The number of fused-ring (bicyclic) bond motifs is 3. The van der Waals surface area contributed by atoms with E-state index < -0.39 is 0 Å². The van der Waals surface area contributed by atoms with E-state index in [1.165, 1.54) is 0 Å². The fourth-order valence-electron chi connectivity index (χ4n) is 3.41. The van der Waals surface area contributed by atoms with Crippen molar-refractivity contribution in [1.29, 1.82) is 0 Å². The van der Waals surface area contributed by atoms with Crippen LogP contribution in [0, 0.1) is 0 Å². The minimum Gasteiger partial charge on any atom is -0.495 e. The Balaban J connectivity index is 1.62. The van der Waals surface area contributed by atoms with Crippen LogP contribution in [0.15, 0.2) is 79.1 Å². The van der Waals surface area contributed by atoms with Crippen molar-refractivity contribution in [3.05, 3.63) is 90.3 Å². The van der Waals surface area contributed by atoms with Crippen molar-refractivity contribution < 1.29 is 9.53 Å². The fraction of sp³-hybridized carbons (Fsp3) is 0.0435. The van der Waals surface area contributed by atoms with Crippen molar-refractivity contribution in [2.24, 2.45) is 0 Å². The minimum atomic E-state index is -0.0463. The highest BCUT2D eigenvalue weighted by molar-refractivity contribution is 6.10. The zero-order valence-corrected chi connectivity index (χ0v) is 16.1. The van der Waals surface area contributed by atoms with E-state index in [0.717, 1.165) is 11.2 Å². The highest BCUT2D eigenvalue weighted by Crippen LogP contribution is 2.29. The number of nitrogens with zero attached hydrogens (tertiary/aromatic N) is 4. The van der Waals surface area contributed by atoms with Gasteiger partial charge in [-0.2, -0.15) is 0 Å². The number of nitrogens with one attached hydrogen (secondary N) is 1. The van der Waals surface area contributed by atoms with Gasteiger partial charge in [0.25, 0.3) is 0 Å². The number of benzene rings is 3. The van der Waals surface area contributed by atoms with Crippen LogP contribution in [0.4, 0.5) is 11.5 Å². The molecule has 5 aromatic rings. The summed E-state index contributed by atoms with van der Waals surface area (Å²) in [5.41, 5.74) is 4.01. The molecule has 0 atom stereocenters. The first-order chi connectivity index (χ1) is 14.7. The molecule has 1 N–H and O–H groups in total. The van der Waals surface area contributed by atoms with Crippen molar-refractivity contribution in [2.75, 3.05) is 12.4 Å². The lowest BCUT2D eigenvalue weighted by molar-refractivity contribution is 0.103. The van der Waals surface area contributed by atoms with Gasteiger partial charge in [-0.05, 0) is 30.3 Å². The van der Waals surface area contributed by atoms with Gasteiger partial charge in [-0.15, -0.1) is 10.2 Å². The number of aromatic nitrogens is 4. The molecule has 0 aliphatic heterocycles. The maximum atomic E-state index is 12.9. The van der Waals surface area contributed by atoms with Crippen molar-refractivity contribution in [2.45, 2.75) is 0 Å². The summed E-state index contributed by atoms with van der Waals surface area (Å²) in [5.74, 6) is 1.20. The molecule has 0 bridgehead atoms. The number of hydrogen-bond donors (Lipinski definition) is 1. The Morgan fingerprint density at radius 1 is 0.967 bits per heavy atom. The maximum absolute atomic E-state index is 12.9. The van der Waals surface area contributed by atoms with Crippen LogP contribution in [-0.2, 0) is 0 Å². The van der Waals surface area contributed by atoms with Gasteiger partial charge in [0.15, 0.2) is 11.6 Å². The zero-order chi connectivity index (χ0) is 20.5. The quantitative estimate of drug-likeness (QED) is 0.448. The lowest BCUT2D eigenvalue weighted by Crippen LogP contribution is -2.04. The lowest BCUT2D eigenvalue weighted by atomic mass is 10.0. The average molecular weight is 395 g/mol. The van der Waals surface area contributed by atoms with Crippen molar-refractivity contribution in [1.82, 2.24) is 19.6 Å². The Morgan fingerprint density at radius 3 is 2.60 bits per heavy atom. The van der Waals surface area contributed by atoms with E-state index in [4.69, 9.17) is 9.72 Å². The molecule has 146 valence electrons. The summed E-state index contributed by atoms with van der Waals surface area (Å²) in [5, 5.41) is 11.5. The second-order valence-electron chi connectivity index (χ2n) is 6.71. The number of methoxy groups -OCH3 is 1. The van der Waals surface area contributed by atoms with E-state index in [2.05, 4.69) is 15.5 Å². The number of para-hydroxylation sites is 2. The van der Waals surface area contributed by atoms with Crippen LogP contribution < -0.4 is 10.1 Å². The Hall–Kier alpha value is -4.26.